The lowest BCUT2D eigenvalue weighted by molar-refractivity contribution is 0.162. The van der Waals surface area contributed by atoms with Gasteiger partial charge in [0.1, 0.15) is 0 Å². The van der Waals surface area contributed by atoms with Crippen molar-refractivity contribution >= 4 is 5.96 Å². The van der Waals surface area contributed by atoms with Crippen molar-refractivity contribution in [3.8, 4) is 0 Å². The molecular formula is C13H30N4O. The third-order valence-corrected chi connectivity index (χ3v) is 2.87. The van der Waals surface area contributed by atoms with Crippen molar-refractivity contribution in [2.75, 3.05) is 61.0 Å². The molecule has 0 amide bonds. The van der Waals surface area contributed by atoms with Gasteiger partial charge in [-0.1, -0.05) is 13.3 Å². The molecule has 0 aromatic carbocycles. The second kappa shape index (κ2) is 11.3. The van der Waals surface area contributed by atoms with Gasteiger partial charge >= 0.3 is 0 Å². The topological polar surface area (TPSA) is 40.1 Å². The summed E-state index contributed by atoms with van der Waals surface area (Å²) in [6, 6.07) is 0. The van der Waals surface area contributed by atoms with Gasteiger partial charge in [-0.25, -0.2) is 0 Å². The first kappa shape index (κ1) is 17.2. The molecule has 0 aliphatic heterocycles. The smallest absolute Gasteiger partial charge is 0.193 e. The van der Waals surface area contributed by atoms with Crippen LogP contribution >= 0.6 is 0 Å². The number of likely N-dealkylation sites (N-methyl/N-ethyl adjacent to an activating group) is 1. The van der Waals surface area contributed by atoms with Gasteiger partial charge in [0.05, 0.1) is 6.61 Å². The molecule has 0 aliphatic carbocycles. The van der Waals surface area contributed by atoms with Gasteiger partial charge in [0.2, 0.25) is 0 Å². The van der Waals surface area contributed by atoms with E-state index in [0.29, 0.717) is 0 Å². The second-order valence-electron chi connectivity index (χ2n) is 4.55. The Bertz CT molecular complexity index is 221. The number of hydrogen-bond acceptors (Lipinski definition) is 3. The molecule has 0 saturated heterocycles. The Morgan fingerprint density at radius 3 is 2.50 bits per heavy atom. The molecule has 0 heterocycles. The van der Waals surface area contributed by atoms with E-state index in [-0.39, 0.29) is 0 Å². The molecule has 18 heavy (non-hydrogen) atoms. The van der Waals surface area contributed by atoms with Crippen molar-refractivity contribution in [3.05, 3.63) is 0 Å². The molecule has 108 valence electrons. The van der Waals surface area contributed by atoms with Crippen LogP contribution < -0.4 is 5.32 Å². The molecule has 0 saturated carbocycles. The van der Waals surface area contributed by atoms with Gasteiger partial charge in [0.25, 0.3) is 0 Å². The first-order chi connectivity index (χ1) is 8.65. The first-order valence-electron chi connectivity index (χ1n) is 6.75. The van der Waals surface area contributed by atoms with Gasteiger partial charge in [-0.05, 0) is 13.5 Å². The normalized spacial score (nSPS) is 12.0. The zero-order chi connectivity index (χ0) is 13.8. The van der Waals surface area contributed by atoms with Crippen molar-refractivity contribution < 1.29 is 4.74 Å². The van der Waals surface area contributed by atoms with E-state index in [1.165, 1.54) is 12.8 Å². The van der Waals surface area contributed by atoms with Crippen molar-refractivity contribution in [1.29, 1.82) is 0 Å². The minimum atomic E-state index is 0.779. The van der Waals surface area contributed by atoms with Crippen LogP contribution in [0.2, 0.25) is 0 Å². The van der Waals surface area contributed by atoms with E-state index in [2.05, 4.69) is 41.1 Å². The number of nitrogens with one attached hydrogen (secondary N) is 1. The van der Waals surface area contributed by atoms with Gasteiger partial charge < -0.3 is 19.9 Å². The Labute approximate surface area is 112 Å². The average molecular weight is 258 g/mol. The van der Waals surface area contributed by atoms with Crippen LogP contribution in [0.15, 0.2) is 4.99 Å². The highest BCUT2D eigenvalue weighted by molar-refractivity contribution is 5.79. The summed E-state index contributed by atoms with van der Waals surface area (Å²) >= 11 is 0. The van der Waals surface area contributed by atoms with Crippen molar-refractivity contribution in [2.24, 2.45) is 4.99 Å². The molecule has 0 rings (SSSR count). The Balaban J connectivity index is 3.80. The summed E-state index contributed by atoms with van der Waals surface area (Å²) in [6.07, 6.45) is 2.41. The molecule has 5 nitrogen and oxygen atoms in total. The Kier molecular flexibility index (Phi) is 10.8. The highest BCUT2D eigenvalue weighted by Gasteiger charge is 2.04. The van der Waals surface area contributed by atoms with Crippen LogP contribution in [0, 0.1) is 0 Å². The minimum Gasteiger partial charge on any atom is -0.383 e. The zero-order valence-electron chi connectivity index (χ0n) is 12.7. The maximum Gasteiger partial charge on any atom is 0.193 e. The number of unbranched alkanes of at least 4 members (excludes halogenated alkanes) is 1. The average Bonchev–Trinajstić information content (AvgIpc) is 2.38. The minimum absolute atomic E-state index is 0.779. The summed E-state index contributed by atoms with van der Waals surface area (Å²) in [7, 11) is 7.75. The van der Waals surface area contributed by atoms with Crippen LogP contribution in [0.4, 0.5) is 0 Å². The number of aliphatic imine (C=N–C) groups is 1. The van der Waals surface area contributed by atoms with E-state index < -0.39 is 0 Å². The predicted molar refractivity (Wildman–Crippen MR) is 78.3 cm³/mol. The SMILES string of the molecule is CCCCN(C)C(=NC)NCCN(C)CCOC. The highest BCUT2D eigenvalue weighted by atomic mass is 16.5. The molecule has 0 aromatic heterocycles. The standard InChI is InChI=1S/C13H30N4O/c1-6-7-9-17(4)13(14-2)15-8-10-16(3)11-12-18-5/h6-12H2,1-5H3,(H,14,15). The fraction of sp³-hybridized carbons (Fsp3) is 0.923. The van der Waals surface area contributed by atoms with Gasteiger partial charge in [0.15, 0.2) is 5.96 Å². The van der Waals surface area contributed by atoms with Crippen LogP contribution in [0.5, 0.6) is 0 Å². The molecule has 5 heteroatoms. The number of methoxy groups -OCH3 is 1. The van der Waals surface area contributed by atoms with Crippen LogP contribution in [0.3, 0.4) is 0 Å². The summed E-state index contributed by atoms with van der Waals surface area (Å²) in [4.78, 5) is 8.71. The number of rotatable bonds is 9. The van der Waals surface area contributed by atoms with Crippen LogP contribution in [0.25, 0.3) is 0 Å². The van der Waals surface area contributed by atoms with Crippen LogP contribution in [-0.4, -0.2) is 76.8 Å². The lowest BCUT2D eigenvalue weighted by Gasteiger charge is -2.23. The number of guanidine groups is 1. The Morgan fingerprint density at radius 1 is 1.22 bits per heavy atom. The predicted octanol–water partition coefficient (Wildman–Crippen LogP) is 0.872. The zero-order valence-corrected chi connectivity index (χ0v) is 12.7. The fourth-order valence-corrected chi connectivity index (χ4v) is 1.60. The lowest BCUT2D eigenvalue weighted by Crippen LogP contribution is -2.42. The van der Waals surface area contributed by atoms with E-state index in [9.17, 15) is 0 Å². The van der Waals surface area contributed by atoms with Gasteiger partial charge in [-0.15, -0.1) is 0 Å². The molecule has 0 radical (unpaired) electrons. The van der Waals surface area contributed by atoms with Gasteiger partial charge in [-0.2, -0.15) is 0 Å². The summed E-state index contributed by atoms with van der Waals surface area (Å²) in [6.45, 7) is 6.89. The first-order valence-corrected chi connectivity index (χ1v) is 6.75. The lowest BCUT2D eigenvalue weighted by atomic mass is 10.3. The van der Waals surface area contributed by atoms with E-state index in [1.54, 1.807) is 7.11 Å². The van der Waals surface area contributed by atoms with Crippen LogP contribution in [0.1, 0.15) is 19.8 Å². The fourth-order valence-electron chi connectivity index (χ4n) is 1.60. The third-order valence-electron chi connectivity index (χ3n) is 2.87. The van der Waals surface area contributed by atoms with Crippen molar-refractivity contribution in [1.82, 2.24) is 15.1 Å². The van der Waals surface area contributed by atoms with E-state index in [0.717, 1.165) is 38.7 Å². The molecule has 1 N–H and O–H groups in total. The molecule has 0 fully saturated rings. The maximum absolute atomic E-state index is 5.05. The van der Waals surface area contributed by atoms with Gasteiger partial charge in [0, 0.05) is 47.4 Å². The quantitative estimate of drug-likeness (QED) is 0.492. The van der Waals surface area contributed by atoms with Crippen molar-refractivity contribution in [2.45, 2.75) is 19.8 Å². The largest absolute Gasteiger partial charge is 0.383 e. The summed E-state index contributed by atoms with van der Waals surface area (Å²) in [5, 5.41) is 3.38. The molecule has 0 spiro atoms. The maximum atomic E-state index is 5.05. The Hall–Kier alpha value is -0.810. The second-order valence-corrected chi connectivity index (χ2v) is 4.55. The molecule has 0 bridgehead atoms. The van der Waals surface area contributed by atoms with Crippen LogP contribution in [-0.2, 0) is 4.74 Å². The molecule has 0 aliphatic rings. The molecule has 0 aromatic rings. The number of nitrogens with zero attached hydrogens (tertiary/aromatic N) is 3. The van der Waals surface area contributed by atoms with Gasteiger partial charge in [-0.3, -0.25) is 4.99 Å². The van der Waals surface area contributed by atoms with E-state index in [1.807, 2.05) is 7.05 Å². The summed E-state index contributed by atoms with van der Waals surface area (Å²) < 4.78 is 5.05. The van der Waals surface area contributed by atoms with Crippen molar-refractivity contribution in [3.63, 3.8) is 0 Å². The number of hydrogen-bond donors (Lipinski definition) is 1. The van der Waals surface area contributed by atoms with E-state index >= 15 is 0 Å². The summed E-state index contributed by atoms with van der Waals surface area (Å²) in [5.41, 5.74) is 0. The number of ether oxygens (including phenoxy) is 1. The monoisotopic (exact) mass is 258 g/mol. The third kappa shape index (κ3) is 8.31. The highest BCUT2D eigenvalue weighted by Crippen LogP contribution is 1.92. The Morgan fingerprint density at radius 2 is 1.94 bits per heavy atom. The molecule has 0 atom stereocenters. The van der Waals surface area contributed by atoms with E-state index in [4.69, 9.17) is 4.74 Å². The summed E-state index contributed by atoms with van der Waals surface area (Å²) in [5.74, 6) is 0.976. The molecule has 0 unspecified atom stereocenters. The molecular weight excluding hydrogens is 228 g/mol.